The summed E-state index contributed by atoms with van der Waals surface area (Å²) in [4.78, 5) is 23.6. The molecule has 0 bridgehead atoms. The zero-order valence-electron chi connectivity index (χ0n) is 15.0. The van der Waals surface area contributed by atoms with E-state index in [9.17, 15) is 9.18 Å². The van der Waals surface area contributed by atoms with Gasteiger partial charge in [0.2, 0.25) is 5.95 Å². The molecule has 0 saturated carbocycles. The summed E-state index contributed by atoms with van der Waals surface area (Å²) < 4.78 is 14.8. The highest BCUT2D eigenvalue weighted by Gasteiger charge is 2.20. The molecule has 138 valence electrons. The van der Waals surface area contributed by atoms with Crippen LogP contribution in [0.3, 0.4) is 0 Å². The lowest BCUT2D eigenvalue weighted by Gasteiger charge is -2.31. The number of anilines is 1. The van der Waals surface area contributed by atoms with Crippen LogP contribution in [0.2, 0.25) is 0 Å². The Labute approximate surface area is 157 Å². The lowest BCUT2D eigenvalue weighted by Crippen LogP contribution is -2.39. The van der Waals surface area contributed by atoms with Crippen LogP contribution in [0.25, 0.3) is 11.3 Å². The van der Waals surface area contributed by atoms with Crippen LogP contribution < -0.4 is 10.5 Å². The number of rotatable bonds is 5. The van der Waals surface area contributed by atoms with Crippen LogP contribution in [0.4, 0.5) is 10.3 Å². The minimum atomic E-state index is -0.212. The molecule has 1 aliphatic rings. The Morgan fingerprint density at radius 2 is 1.81 bits per heavy atom. The predicted octanol–water partition coefficient (Wildman–Crippen LogP) is 3.29. The van der Waals surface area contributed by atoms with Gasteiger partial charge in [-0.15, -0.1) is 0 Å². The van der Waals surface area contributed by atoms with Gasteiger partial charge in [-0.3, -0.25) is 14.3 Å². The van der Waals surface area contributed by atoms with Crippen LogP contribution in [0.15, 0.2) is 59.7 Å². The minimum Gasteiger partial charge on any atom is -0.342 e. The van der Waals surface area contributed by atoms with Crippen molar-refractivity contribution in [2.75, 3.05) is 18.0 Å². The third kappa shape index (κ3) is 3.89. The van der Waals surface area contributed by atoms with Gasteiger partial charge in [0, 0.05) is 43.7 Å². The number of halogens is 1. The summed E-state index contributed by atoms with van der Waals surface area (Å²) in [7, 11) is 0. The first-order valence-electron chi connectivity index (χ1n) is 9.22. The van der Waals surface area contributed by atoms with E-state index in [1.165, 1.54) is 12.1 Å². The first-order valence-corrected chi connectivity index (χ1v) is 9.22. The SMILES string of the molecule is O=c1cc(-c2ccncc2)nc2n1CCCN2CCCc1ccc(F)cc1. The average Bonchev–Trinajstić information content (AvgIpc) is 2.70. The van der Waals surface area contributed by atoms with Gasteiger partial charge in [0.15, 0.2) is 0 Å². The summed E-state index contributed by atoms with van der Waals surface area (Å²) in [5, 5.41) is 0. The van der Waals surface area contributed by atoms with Crippen molar-refractivity contribution in [2.24, 2.45) is 0 Å². The van der Waals surface area contributed by atoms with Gasteiger partial charge in [-0.2, -0.15) is 0 Å². The fourth-order valence-corrected chi connectivity index (χ4v) is 3.47. The van der Waals surface area contributed by atoms with Crippen molar-refractivity contribution in [1.29, 1.82) is 0 Å². The molecule has 3 aromatic rings. The van der Waals surface area contributed by atoms with Gasteiger partial charge in [-0.25, -0.2) is 9.37 Å². The van der Waals surface area contributed by atoms with Crippen LogP contribution in [0, 0.1) is 5.82 Å². The highest BCUT2D eigenvalue weighted by Crippen LogP contribution is 2.22. The van der Waals surface area contributed by atoms with E-state index < -0.39 is 0 Å². The smallest absolute Gasteiger partial charge is 0.255 e. The molecular formula is C21H21FN4O. The van der Waals surface area contributed by atoms with Crippen molar-refractivity contribution in [3.05, 3.63) is 76.6 Å². The summed E-state index contributed by atoms with van der Waals surface area (Å²) in [5.41, 5.74) is 2.67. The maximum atomic E-state index is 13.0. The predicted molar refractivity (Wildman–Crippen MR) is 103 cm³/mol. The van der Waals surface area contributed by atoms with Crippen molar-refractivity contribution in [3.8, 4) is 11.3 Å². The molecule has 0 fully saturated rings. The number of hydrogen-bond acceptors (Lipinski definition) is 4. The Bertz CT molecular complexity index is 970. The number of hydrogen-bond donors (Lipinski definition) is 0. The van der Waals surface area contributed by atoms with E-state index in [1.807, 2.05) is 24.3 Å². The number of pyridine rings is 1. The van der Waals surface area contributed by atoms with E-state index in [4.69, 9.17) is 4.98 Å². The molecule has 0 N–H and O–H groups in total. The molecule has 2 aromatic heterocycles. The Kier molecular flexibility index (Phi) is 4.96. The third-order valence-electron chi connectivity index (χ3n) is 4.86. The molecule has 6 heteroatoms. The normalized spacial score (nSPS) is 13.4. The first kappa shape index (κ1) is 17.4. The van der Waals surface area contributed by atoms with Gasteiger partial charge in [0.1, 0.15) is 5.82 Å². The summed E-state index contributed by atoms with van der Waals surface area (Å²) in [6.07, 6.45) is 6.12. The molecule has 27 heavy (non-hydrogen) atoms. The molecule has 0 radical (unpaired) electrons. The standard InChI is InChI=1S/C21H21FN4O/c22-18-6-4-16(5-7-18)3-1-12-25-13-2-14-26-20(27)15-19(24-21(25)26)17-8-10-23-11-9-17/h4-11,15H,1-3,12-14H2. The Balaban J connectivity index is 1.54. The number of aryl methyl sites for hydroxylation is 1. The van der Waals surface area contributed by atoms with Crippen LogP contribution in [0.5, 0.6) is 0 Å². The molecule has 0 amide bonds. The van der Waals surface area contributed by atoms with E-state index in [2.05, 4.69) is 9.88 Å². The summed E-state index contributed by atoms with van der Waals surface area (Å²) >= 11 is 0. The molecule has 3 heterocycles. The molecule has 0 unspecified atom stereocenters. The maximum Gasteiger partial charge on any atom is 0.255 e. The second kappa shape index (κ2) is 7.70. The molecular weight excluding hydrogens is 343 g/mol. The van der Waals surface area contributed by atoms with Crippen molar-refractivity contribution in [1.82, 2.24) is 14.5 Å². The highest BCUT2D eigenvalue weighted by atomic mass is 19.1. The Morgan fingerprint density at radius 3 is 2.59 bits per heavy atom. The number of fused-ring (bicyclic) bond motifs is 1. The molecule has 5 nitrogen and oxygen atoms in total. The van der Waals surface area contributed by atoms with Gasteiger partial charge in [-0.1, -0.05) is 12.1 Å². The average molecular weight is 364 g/mol. The second-order valence-corrected chi connectivity index (χ2v) is 6.74. The summed E-state index contributed by atoms with van der Waals surface area (Å²) in [5.74, 6) is 0.524. The molecule has 0 saturated heterocycles. The molecule has 0 aliphatic carbocycles. The number of aromatic nitrogens is 3. The number of benzene rings is 1. The Hall–Kier alpha value is -3.02. The van der Waals surface area contributed by atoms with Crippen molar-refractivity contribution >= 4 is 5.95 Å². The lowest BCUT2D eigenvalue weighted by molar-refractivity contribution is 0.527. The van der Waals surface area contributed by atoms with E-state index in [-0.39, 0.29) is 11.4 Å². The molecule has 0 atom stereocenters. The lowest BCUT2D eigenvalue weighted by atomic mass is 10.1. The van der Waals surface area contributed by atoms with Gasteiger partial charge < -0.3 is 4.90 Å². The molecule has 1 aromatic carbocycles. The van der Waals surface area contributed by atoms with Crippen LogP contribution in [0.1, 0.15) is 18.4 Å². The van der Waals surface area contributed by atoms with Gasteiger partial charge >= 0.3 is 0 Å². The van der Waals surface area contributed by atoms with Crippen LogP contribution >= 0.6 is 0 Å². The van der Waals surface area contributed by atoms with E-state index >= 15 is 0 Å². The quantitative estimate of drug-likeness (QED) is 0.697. The zero-order chi connectivity index (χ0) is 18.6. The largest absolute Gasteiger partial charge is 0.342 e. The topological polar surface area (TPSA) is 51.0 Å². The van der Waals surface area contributed by atoms with Gasteiger partial charge in [0.05, 0.1) is 5.69 Å². The number of nitrogens with zero attached hydrogens (tertiary/aromatic N) is 4. The van der Waals surface area contributed by atoms with Crippen LogP contribution in [-0.4, -0.2) is 27.6 Å². The molecule has 0 spiro atoms. The maximum absolute atomic E-state index is 13.0. The van der Waals surface area contributed by atoms with E-state index in [0.29, 0.717) is 12.2 Å². The zero-order valence-corrected chi connectivity index (χ0v) is 15.0. The highest BCUT2D eigenvalue weighted by molar-refractivity contribution is 5.59. The fraction of sp³-hybridized carbons (Fsp3) is 0.286. The van der Waals surface area contributed by atoms with Gasteiger partial charge in [0.25, 0.3) is 5.56 Å². The monoisotopic (exact) mass is 364 g/mol. The van der Waals surface area contributed by atoms with Gasteiger partial charge in [-0.05, 0) is 49.1 Å². The summed E-state index contributed by atoms with van der Waals surface area (Å²) in [6.45, 7) is 2.39. The molecule has 4 rings (SSSR count). The Morgan fingerprint density at radius 1 is 1.04 bits per heavy atom. The van der Waals surface area contributed by atoms with Crippen LogP contribution in [-0.2, 0) is 13.0 Å². The summed E-state index contributed by atoms with van der Waals surface area (Å²) in [6, 6.07) is 12.0. The first-order chi connectivity index (χ1) is 13.2. The van der Waals surface area contributed by atoms with Crippen molar-refractivity contribution < 1.29 is 4.39 Å². The molecule has 1 aliphatic heterocycles. The fourth-order valence-electron chi connectivity index (χ4n) is 3.47. The van der Waals surface area contributed by atoms with Crippen molar-refractivity contribution in [2.45, 2.75) is 25.8 Å². The minimum absolute atomic E-state index is 0.0185. The van der Waals surface area contributed by atoms with E-state index in [1.54, 1.807) is 23.0 Å². The van der Waals surface area contributed by atoms with E-state index in [0.717, 1.165) is 49.4 Å². The second-order valence-electron chi connectivity index (χ2n) is 6.74. The van der Waals surface area contributed by atoms with Crippen molar-refractivity contribution in [3.63, 3.8) is 0 Å². The third-order valence-corrected chi connectivity index (χ3v) is 4.86.